The van der Waals surface area contributed by atoms with E-state index in [4.69, 9.17) is 23.2 Å². The first kappa shape index (κ1) is 15.6. The molecular weight excluding hydrogens is 373 g/mol. The lowest BCUT2D eigenvalue weighted by atomic mass is 10.2. The van der Waals surface area contributed by atoms with Gasteiger partial charge in [-0.15, -0.1) is 11.6 Å². The number of nitrogens with zero attached hydrogens (tertiary/aromatic N) is 1. The number of hydrogen-bond acceptors (Lipinski definition) is 2. The molecule has 19 heavy (non-hydrogen) atoms. The highest BCUT2D eigenvalue weighted by atomic mass is 79.9. The van der Waals surface area contributed by atoms with Crippen LogP contribution in [0.2, 0.25) is 5.02 Å². The van der Waals surface area contributed by atoms with Crippen molar-refractivity contribution in [2.75, 3.05) is 12.4 Å². The molecule has 0 aromatic heterocycles. The first-order chi connectivity index (χ1) is 8.98. The van der Waals surface area contributed by atoms with Gasteiger partial charge >= 0.3 is 0 Å². The summed E-state index contributed by atoms with van der Waals surface area (Å²) in [5, 5.41) is 0.242. The molecule has 0 amide bonds. The molecule has 0 bridgehead atoms. The molecule has 1 heterocycles. The Balaban J connectivity index is 2.42. The van der Waals surface area contributed by atoms with Crippen LogP contribution in [0.15, 0.2) is 27.6 Å². The van der Waals surface area contributed by atoms with Gasteiger partial charge in [-0.1, -0.05) is 17.7 Å². The summed E-state index contributed by atoms with van der Waals surface area (Å²) in [4.78, 5) is 0.151. The average Bonchev–Trinajstić information content (AvgIpc) is 2.78. The lowest BCUT2D eigenvalue weighted by molar-refractivity contribution is 0.380. The molecule has 0 radical (unpaired) electrons. The summed E-state index contributed by atoms with van der Waals surface area (Å²) < 4.78 is 27.5. The zero-order chi connectivity index (χ0) is 14.0. The summed E-state index contributed by atoms with van der Waals surface area (Å²) in [5.74, 6) is 0.459. The van der Waals surface area contributed by atoms with Gasteiger partial charge < -0.3 is 0 Å². The van der Waals surface area contributed by atoms with E-state index < -0.39 is 10.0 Å². The van der Waals surface area contributed by atoms with Crippen LogP contribution in [-0.4, -0.2) is 31.2 Å². The Morgan fingerprint density at radius 2 is 2.16 bits per heavy atom. The van der Waals surface area contributed by atoms with Gasteiger partial charge in [0.1, 0.15) is 4.90 Å². The largest absolute Gasteiger partial charge is 0.245 e. The Labute approximate surface area is 132 Å². The zero-order valence-electron chi connectivity index (χ0n) is 10.2. The fourth-order valence-corrected chi connectivity index (χ4v) is 6.04. The molecule has 1 aromatic rings. The number of benzene rings is 1. The minimum absolute atomic E-state index is 0.0225. The van der Waals surface area contributed by atoms with Crippen LogP contribution >= 0.6 is 39.1 Å². The highest BCUT2D eigenvalue weighted by Gasteiger charge is 2.36. The van der Waals surface area contributed by atoms with E-state index >= 15 is 0 Å². The third-order valence-corrected chi connectivity index (χ3v) is 6.87. The number of rotatable bonds is 4. The molecule has 3 nitrogen and oxygen atoms in total. The van der Waals surface area contributed by atoms with E-state index in [1.165, 1.54) is 4.31 Å². The number of sulfonamides is 1. The molecule has 1 saturated heterocycles. The van der Waals surface area contributed by atoms with Crippen LogP contribution in [0.4, 0.5) is 0 Å². The van der Waals surface area contributed by atoms with Crippen molar-refractivity contribution in [3.8, 4) is 0 Å². The molecule has 1 fully saturated rings. The minimum atomic E-state index is -3.58. The van der Waals surface area contributed by atoms with Gasteiger partial charge in [0.25, 0.3) is 0 Å². The van der Waals surface area contributed by atoms with E-state index in [9.17, 15) is 8.42 Å². The summed E-state index contributed by atoms with van der Waals surface area (Å²) in [5.41, 5.74) is 0. The molecule has 0 spiro atoms. The lowest BCUT2D eigenvalue weighted by Crippen LogP contribution is -2.36. The third-order valence-electron chi connectivity index (χ3n) is 3.25. The second-order valence-corrected chi connectivity index (χ2v) is 7.91. The molecule has 1 atom stereocenters. The second-order valence-electron chi connectivity index (χ2n) is 4.44. The van der Waals surface area contributed by atoms with Gasteiger partial charge in [-0.3, -0.25) is 0 Å². The predicted molar refractivity (Wildman–Crippen MR) is 81.4 cm³/mol. The normalized spacial score (nSPS) is 20.9. The standard InChI is InChI=1S/C12H14BrCl2NO2S/c13-10-4-1-5-11(15)12(10)19(17,18)16-8-2-3-9(16)6-7-14/h1,4-5,9H,2-3,6-8H2. The number of alkyl halides is 1. The Morgan fingerprint density at radius 3 is 2.79 bits per heavy atom. The van der Waals surface area contributed by atoms with E-state index in [2.05, 4.69) is 15.9 Å². The lowest BCUT2D eigenvalue weighted by Gasteiger charge is -2.24. The van der Waals surface area contributed by atoms with Crippen LogP contribution in [0.3, 0.4) is 0 Å². The molecule has 0 N–H and O–H groups in total. The summed E-state index contributed by atoms with van der Waals surface area (Å²) in [6, 6.07) is 4.97. The van der Waals surface area contributed by atoms with Crippen LogP contribution in [0, 0.1) is 0 Å². The van der Waals surface area contributed by atoms with Crippen LogP contribution in [0.1, 0.15) is 19.3 Å². The molecule has 1 unspecified atom stereocenters. The SMILES string of the molecule is O=S(=O)(c1c(Cl)cccc1Br)N1CCCC1CCCl. The van der Waals surface area contributed by atoms with Gasteiger partial charge in [0, 0.05) is 22.9 Å². The molecule has 7 heteroatoms. The molecule has 0 saturated carbocycles. The average molecular weight is 387 g/mol. The molecule has 106 valence electrons. The topological polar surface area (TPSA) is 37.4 Å². The van der Waals surface area contributed by atoms with Crippen molar-refractivity contribution < 1.29 is 8.42 Å². The van der Waals surface area contributed by atoms with E-state index in [0.29, 0.717) is 23.3 Å². The molecule has 2 rings (SSSR count). The summed E-state index contributed by atoms with van der Waals surface area (Å²) >= 11 is 15.1. The van der Waals surface area contributed by atoms with E-state index in [0.717, 1.165) is 12.8 Å². The Hall–Kier alpha value is 0.190. The fourth-order valence-electron chi connectivity index (χ4n) is 2.39. The van der Waals surface area contributed by atoms with Crippen molar-refractivity contribution in [1.29, 1.82) is 0 Å². The Bertz CT molecular complexity index is 545. The van der Waals surface area contributed by atoms with E-state index in [1.807, 2.05) is 0 Å². The van der Waals surface area contributed by atoms with Crippen molar-refractivity contribution in [2.24, 2.45) is 0 Å². The first-order valence-electron chi connectivity index (χ1n) is 6.00. The van der Waals surface area contributed by atoms with E-state index in [1.54, 1.807) is 18.2 Å². The maximum Gasteiger partial charge on any atom is 0.245 e. The van der Waals surface area contributed by atoms with Crippen LogP contribution in [0.5, 0.6) is 0 Å². The Kier molecular flexibility index (Phi) is 5.17. The first-order valence-corrected chi connectivity index (χ1v) is 9.15. The van der Waals surface area contributed by atoms with Crippen LogP contribution in [-0.2, 0) is 10.0 Å². The fraction of sp³-hybridized carbons (Fsp3) is 0.500. The van der Waals surface area contributed by atoms with Crippen molar-refractivity contribution in [2.45, 2.75) is 30.2 Å². The van der Waals surface area contributed by atoms with Crippen molar-refractivity contribution >= 4 is 49.2 Å². The maximum atomic E-state index is 12.7. The van der Waals surface area contributed by atoms with Gasteiger partial charge in [0.2, 0.25) is 10.0 Å². The van der Waals surface area contributed by atoms with Crippen LogP contribution < -0.4 is 0 Å². The minimum Gasteiger partial charge on any atom is -0.207 e. The number of halogens is 3. The van der Waals surface area contributed by atoms with Gasteiger partial charge in [-0.25, -0.2) is 8.42 Å². The molecule has 1 aromatic carbocycles. The summed E-state index contributed by atoms with van der Waals surface area (Å²) in [6.07, 6.45) is 2.39. The van der Waals surface area contributed by atoms with Gasteiger partial charge in [-0.2, -0.15) is 4.31 Å². The molecular formula is C12H14BrCl2NO2S. The van der Waals surface area contributed by atoms with Gasteiger partial charge in [0.15, 0.2) is 0 Å². The smallest absolute Gasteiger partial charge is 0.207 e. The summed E-state index contributed by atoms with van der Waals surface area (Å²) in [6.45, 7) is 0.529. The van der Waals surface area contributed by atoms with Gasteiger partial charge in [-0.05, 0) is 47.3 Å². The monoisotopic (exact) mass is 385 g/mol. The maximum absolute atomic E-state index is 12.7. The van der Waals surface area contributed by atoms with Crippen LogP contribution in [0.25, 0.3) is 0 Å². The second kappa shape index (κ2) is 6.31. The van der Waals surface area contributed by atoms with Crippen molar-refractivity contribution in [3.63, 3.8) is 0 Å². The molecule has 0 aliphatic carbocycles. The van der Waals surface area contributed by atoms with Crippen molar-refractivity contribution in [3.05, 3.63) is 27.7 Å². The van der Waals surface area contributed by atoms with Crippen molar-refractivity contribution in [1.82, 2.24) is 4.31 Å². The van der Waals surface area contributed by atoms with E-state index in [-0.39, 0.29) is 16.0 Å². The van der Waals surface area contributed by atoms with Gasteiger partial charge in [0.05, 0.1) is 5.02 Å². The Morgan fingerprint density at radius 1 is 1.42 bits per heavy atom. The molecule has 1 aliphatic rings. The third kappa shape index (κ3) is 3.10. The zero-order valence-corrected chi connectivity index (χ0v) is 14.1. The molecule has 1 aliphatic heterocycles. The highest BCUT2D eigenvalue weighted by molar-refractivity contribution is 9.10. The highest BCUT2D eigenvalue weighted by Crippen LogP contribution is 2.35. The number of hydrogen-bond donors (Lipinski definition) is 0. The predicted octanol–water partition coefficient (Wildman–Crippen LogP) is 3.88. The quantitative estimate of drug-likeness (QED) is 0.736. The summed E-state index contributed by atoms with van der Waals surface area (Å²) in [7, 11) is -3.58.